The Hall–Kier alpha value is -3.64. The molecular weight excluding hydrogens is 831 g/mol. The zero-order chi connectivity index (χ0) is 44.1. The van der Waals surface area contributed by atoms with Crippen molar-refractivity contribution in [2.75, 3.05) is 50.1 Å². The first kappa shape index (κ1) is 47.8. The number of benzene rings is 1. The average Bonchev–Trinajstić information content (AvgIpc) is 3.77. The summed E-state index contributed by atoms with van der Waals surface area (Å²) in [5, 5.41) is 25.7. The van der Waals surface area contributed by atoms with Crippen LogP contribution in [0.3, 0.4) is 0 Å². The van der Waals surface area contributed by atoms with E-state index in [4.69, 9.17) is 4.74 Å². The van der Waals surface area contributed by atoms with Crippen LogP contribution in [0.2, 0.25) is 0 Å². The van der Waals surface area contributed by atoms with E-state index >= 15 is 0 Å². The second kappa shape index (κ2) is 23.3. The van der Waals surface area contributed by atoms with Gasteiger partial charge in [-0.05, 0) is 100 Å². The molecule has 5 fully saturated rings. The minimum atomic E-state index is -0.691. The number of aliphatic hydroxyl groups excluding tert-OH is 1. The van der Waals surface area contributed by atoms with Gasteiger partial charge in [0.2, 0.25) is 35.4 Å². The number of unbranched alkanes of at least 4 members (excludes halogenated alkanes) is 4. The summed E-state index contributed by atoms with van der Waals surface area (Å²) in [6.45, 7) is 6.36. The molecule has 17 heteroatoms. The maximum Gasteiger partial charge on any atom is 0.246 e. The van der Waals surface area contributed by atoms with Gasteiger partial charge in [-0.1, -0.05) is 44.0 Å². The lowest BCUT2D eigenvalue weighted by Crippen LogP contribution is -2.49. The van der Waals surface area contributed by atoms with E-state index in [0.717, 1.165) is 82.1 Å². The van der Waals surface area contributed by atoms with E-state index in [0.29, 0.717) is 63.5 Å². The van der Waals surface area contributed by atoms with Crippen molar-refractivity contribution in [1.29, 1.82) is 0 Å². The van der Waals surface area contributed by atoms with Crippen LogP contribution in [0.5, 0.6) is 0 Å². The molecule has 4 aliphatic heterocycles. The summed E-state index contributed by atoms with van der Waals surface area (Å²) in [5.74, 6) is 0.806. The zero-order valence-corrected chi connectivity index (χ0v) is 37.8. The van der Waals surface area contributed by atoms with Gasteiger partial charge in [0, 0.05) is 56.8 Å². The lowest BCUT2D eigenvalue weighted by atomic mass is 9.81. The molecule has 15 nitrogen and oxygen atoms in total. The fourth-order valence-corrected chi connectivity index (χ4v) is 11.2. The maximum absolute atomic E-state index is 13.2. The van der Waals surface area contributed by atoms with Crippen molar-refractivity contribution in [3.8, 4) is 0 Å². The largest absolute Gasteiger partial charge is 0.378 e. The maximum atomic E-state index is 13.2. The Balaban J connectivity index is 0.802. The van der Waals surface area contributed by atoms with Crippen LogP contribution in [0.4, 0.5) is 5.69 Å². The van der Waals surface area contributed by atoms with Crippen LogP contribution < -0.4 is 26.6 Å². The van der Waals surface area contributed by atoms with Gasteiger partial charge in [0.1, 0.15) is 18.3 Å². The number of carbonyl (C=O) groups excluding carboxylic acids is 6. The van der Waals surface area contributed by atoms with Gasteiger partial charge in [0.25, 0.3) is 0 Å². The molecule has 6 rings (SSSR count). The number of rotatable bonds is 25. The number of likely N-dealkylation sites (tertiary alicyclic amines) is 2. The molecule has 1 saturated carbocycles. The van der Waals surface area contributed by atoms with Crippen molar-refractivity contribution in [2.45, 2.75) is 137 Å². The fraction of sp³-hybridized carbons (Fsp3) is 0.689. The second-order valence-corrected chi connectivity index (χ2v) is 19.8. The number of hydrogen-bond acceptors (Lipinski definition) is 12. The molecule has 4 heterocycles. The summed E-state index contributed by atoms with van der Waals surface area (Å²) >= 11 is 3.18. The minimum Gasteiger partial charge on any atom is -0.378 e. The second-order valence-electron chi connectivity index (χ2n) is 17.5. The van der Waals surface area contributed by atoms with Crippen molar-refractivity contribution in [1.82, 2.24) is 31.1 Å². The highest BCUT2D eigenvalue weighted by Gasteiger charge is 2.63. The number of amides is 6. The number of thioether (sulfide) groups is 2. The van der Waals surface area contributed by atoms with Crippen molar-refractivity contribution in [2.24, 2.45) is 11.8 Å². The highest BCUT2D eigenvalue weighted by Crippen LogP contribution is 2.48. The van der Waals surface area contributed by atoms with Crippen LogP contribution >= 0.6 is 23.5 Å². The molecule has 6 atom stereocenters. The number of imide groups is 1. The normalized spacial score (nSPS) is 26.8. The highest BCUT2D eigenvalue weighted by atomic mass is 32.2. The Labute approximate surface area is 374 Å². The number of para-hydroxylation sites is 1. The topological polar surface area (TPSA) is 202 Å². The predicted octanol–water partition coefficient (Wildman–Crippen LogP) is 3.88. The summed E-state index contributed by atoms with van der Waals surface area (Å²) in [5.41, 5.74) is 1.01. The van der Waals surface area contributed by atoms with Crippen LogP contribution in [0, 0.1) is 11.8 Å². The Morgan fingerprint density at radius 1 is 0.968 bits per heavy atom. The molecule has 0 bridgehead atoms. The number of allylic oxidation sites excluding steroid dienone is 1. The molecule has 1 aromatic carbocycles. The molecule has 0 aromatic heterocycles. The third-order valence-electron chi connectivity index (χ3n) is 13.0. The van der Waals surface area contributed by atoms with Gasteiger partial charge in [-0.25, -0.2) is 0 Å². The molecule has 5 aliphatic rings. The quantitative estimate of drug-likeness (QED) is 0.0359. The van der Waals surface area contributed by atoms with Gasteiger partial charge in [-0.2, -0.15) is 23.5 Å². The van der Waals surface area contributed by atoms with E-state index in [1.165, 1.54) is 16.7 Å². The van der Waals surface area contributed by atoms with Crippen molar-refractivity contribution < 1.29 is 38.6 Å². The Morgan fingerprint density at radius 2 is 1.73 bits per heavy atom. The lowest BCUT2D eigenvalue weighted by molar-refractivity contribution is -0.138. The summed E-state index contributed by atoms with van der Waals surface area (Å²) in [4.78, 5) is 79.6. The number of anilines is 1. The number of nitrogens with zero attached hydrogens (tertiary/aromatic N) is 2. The predicted molar refractivity (Wildman–Crippen MR) is 242 cm³/mol. The van der Waals surface area contributed by atoms with E-state index in [1.807, 2.05) is 41.5 Å². The molecule has 4 unspecified atom stereocenters. The van der Waals surface area contributed by atoms with Crippen molar-refractivity contribution >= 4 is 64.7 Å². The van der Waals surface area contributed by atoms with Gasteiger partial charge in [0.15, 0.2) is 5.72 Å². The summed E-state index contributed by atoms with van der Waals surface area (Å²) in [6, 6.07) is 8.22. The molecule has 1 aliphatic carbocycles. The van der Waals surface area contributed by atoms with Gasteiger partial charge in [-0.3, -0.25) is 39.0 Å². The summed E-state index contributed by atoms with van der Waals surface area (Å²) < 4.78 is 5.96. The first-order valence-electron chi connectivity index (χ1n) is 22.7. The minimum absolute atomic E-state index is 0.0444. The smallest absolute Gasteiger partial charge is 0.246 e. The molecule has 1 aromatic rings. The molecule has 342 valence electrons. The summed E-state index contributed by atoms with van der Waals surface area (Å²) in [6.07, 6.45) is 12.8. The monoisotopic (exact) mass is 897 g/mol. The van der Waals surface area contributed by atoms with Gasteiger partial charge in [-0.15, -0.1) is 0 Å². The van der Waals surface area contributed by atoms with Crippen LogP contribution in [0.15, 0.2) is 42.6 Å². The van der Waals surface area contributed by atoms with E-state index in [2.05, 4.69) is 33.2 Å². The molecule has 62 heavy (non-hydrogen) atoms. The number of carbonyl (C=O) groups is 6. The van der Waals surface area contributed by atoms with Crippen LogP contribution in [0.25, 0.3) is 0 Å². The summed E-state index contributed by atoms with van der Waals surface area (Å²) in [7, 11) is 0. The molecule has 1 spiro atoms. The highest BCUT2D eigenvalue weighted by molar-refractivity contribution is 8.00. The Morgan fingerprint density at radius 3 is 2.42 bits per heavy atom. The van der Waals surface area contributed by atoms with Crippen LogP contribution in [-0.2, 0) is 33.5 Å². The fourth-order valence-electron chi connectivity index (χ4n) is 9.13. The Kier molecular flexibility index (Phi) is 18.0. The standard InChI is InChI=1S/C45H67N7O8S2/c1-30-16-21-35(48-30)43(58)50-34(42(57)49-33-12-6-3-7-13-33)14-8-5-11-25-62-37-27-40(55)52(45(37)29-60-45)23-10-4-9-15-38(53)47-28-31-17-19-32(20-18-31)41(56)46-22-24-51-39(54)26-36(61-2)44(51)59/h3,6-7,12-13,31-32,34-37,41,46,48,56H,1,4-5,8-11,14-29H2,2H3,(H,47,53)(H,49,57)(H,50,58)/t31?,32?,34-,35+,36?,37?,41?,45?/m0/s1. The van der Waals surface area contributed by atoms with Crippen molar-refractivity contribution in [3.63, 3.8) is 0 Å². The number of aliphatic hydroxyl groups is 1. The molecular formula is C45H67N7O8S2. The third-order valence-corrected chi connectivity index (χ3v) is 15.4. The van der Waals surface area contributed by atoms with Gasteiger partial charge < -0.3 is 36.0 Å². The lowest BCUT2D eigenvalue weighted by Gasteiger charge is -2.32. The number of epoxide rings is 1. The van der Waals surface area contributed by atoms with Gasteiger partial charge in [0.05, 0.1) is 17.1 Å². The molecule has 6 amide bonds. The first-order chi connectivity index (χ1) is 30.0. The van der Waals surface area contributed by atoms with E-state index in [-0.39, 0.29) is 70.9 Å². The molecule has 0 radical (unpaired) electrons. The zero-order valence-electron chi connectivity index (χ0n) is 36.2. The number of hydrogen-bond donors (Lipinski definition) is 6. The molecule has 6 N–H and O–H groups in total. The number of ether oxygens (including phenoxy) is 1. The first-order valence-corrected chi connectivity index (χ1v) is 25.0. The Bertz CT molecular complexity index is 1730. The average molecular weight is 898 g/mol. The number of nitrogens with one attached hydrogen (secondary N) is 5. The van der Waals surface area contributed by atoms with E-state index in [9.17, 15) is 33.9 Å². The van der Waals surface area contributed by atoms with Crippen LogP contribution in [0.1, 0.15) is 103 Å². The SMILES string of the molecule is C=C1CC[C@H](C(=O)N[C@@H](CCCCCSC2CC(=O)N(CCCCCC(=O)NCC3CCC(C(O)NCCN4C(=O)CC(SC)C4=O)CC3)C23CO3)C(=O)Nc2ccccc2)N1. The van der Waals surface area contributed by atoms with Gasteiger partial charge >= 0.3 is 0 Å². The van der Waals surface area contributed by atoms with E-state index < -0.39 is 18.0 Å². The van der Waals surface area contributed by atoms with Crippen LogP contribution in [-0.4, -0.2) is 130 Å². The molecule has 4 saturated heterocycles. The third kappa shape index (κ3) is 13.2. The van der Waals surface area contributed by atoms with Crippen molar-refractivity contribution in [3.05, 3.63) is 42.6 Å². The van der Waals surface area contributed by atoms with E-state index in [1.54, 1.807) is 11.8 Å².